The van der Waals surface area contributed by atoms with Crippen molar-refractivity contribution in [1.82, 2.24) is 4.90 Å². The van der Waals surface area contributed by atoms with Gasteiger partial charge in [-0.05, 0) is 19.5 Å². The Morgan fingerprint density at radius 2 is 2.40 bits per heavy atom. The van der Waals surface area contributed by atoms with E-state index < -0.39 is 0 Å². The molecular formula is C11H20N2O2. The number of methoxy groups -OCH3 is 1. The first-order valence-electron chi connectivity index (χ1n) is 5.18. The number of hydrogen-bond acceptors (Lipinski definition) is 4. The zero-order valence-corrected chi connectivity index (χ0v) is 9.48. The predicted octanol–water partition coefficient (Wildman–Crippen LogP) is 1.08. The van der Waals surface area contributed by atoms with Crippen molar-refractivity contribution in [3.05, 3.63) is 24.2 Å². The molecule has 0 spiro atoms. The molecule has 0 fully saturated rings. The highest BCUT2D eigenvalue weighted by molar-refractivity contribution is 5.04. The van der Waals surface area contributed by atoms with E-state index in [2.05, 4.69) is 11.9 Å². The van der Waals surface area contributed by atoms with Gasteiger partial charge in [0.25, 0.3) is 0 Å². The van der Waals surface area contributed by atoms with Crippen molar-refractivity contribution >= 4 is 0 Å². The molecule has 0 aromatic carbocycles. The van der Waals surface area contributed by atoms with Crippen LogP contribution in [0.2, 0.25) is 0 Å². The summed E-state index contributed by atoms with van der Waals surface area (Å²) in [5.74, 6) is 0. The van der Waals surface area contributed by atoms with Crippen molar-refractivity contribution < 1.29 is 9.15 Å². The Morgan fingerprint density at radius 3 is 2.93 bits per heavy atom. The van der Waals surface area contributed by atoms with Gasteiger partial charge in [-0.25, -0.2) is 0 Å². The zero-order valence-electron chi connectivity index (χ0n) is 9.48. The largest absolute Gasteiger partial charge is 0.472 e. The van der Waals surface area contributed by atoms with Crippen LogP contribution in [0.3, 0.4) is 0 Å². The lowest BCUT2D eigenvalue weighted by Crippen LogP contribution is -2.28. The number of furan rings is 1. The lowest BCUT2D eigenvalue weighted by molar-refractivity contribution is 0.0919. The van der Waals surface area contributed by atoms with Crippen LogP contribution in [0, 0.1) is 0 Å². The summed E-state index contributed by atoms with van der Waals surface area (Å²) in [5.41, 5.74) is 6.74. The smallest absolute Gasteiger partial charge is 0.0947 e. The van der Waals surface area contributed by atoms with Crippen LogP contribution in [0.4, 0.5) is 0 Å². The van der Waals surface area contributed by atoms with Gasteiger partial charge >= 0.3 is 0 Å². The first-order chi connectivity index (χ1) is 7.26. The normalized spacial score (nSPS) is 13.3. The third-order valence-electron chi connectivity index (χ3n) is 2.46. The number of rotatable bonds is 7. The topological polar surface area (TPSA) is 51.6 Å². The van der Waals surface area contributed by atoms with E-state index in [1.54, 1.807) is 19.6 Å². The molecule has 1 aromatic rings. The summed E-state index contributed by atoms with van der Waals surface area (Å²) in [7, 11) is 3.78. The summed E-state index contributed by atoms with van der Waals surface area (Å²) < 4.78 is 10.2. The monoisotopic (exact) mass is 212 g/mol. The van der Waals surface area contributed by atoms with Gasteiger partial charge in [-0.3, -0.25) is 0 Å². The minimum atomic E-state index is 0.164. The lowest BCUT2D eigenvalue weighted by atomic mass is 10.2. The minimum Gasteiger partial charge on any atom is -0.472 e. The van der Waals surface area contributed by atoms with Gasteiger partial charge in [0, 0.05) is 32.3 Å². The van der Waals surface area contributed by atoms with E-state index in [4.69, 9.17) is 14.9 Å². The Labute approximate surface area is 91.0 Å². The summed E-state index contributed by atoms with van der Waals surface area (Å²) in [6, 6.07) is 1.98. The van der Waals surface area contributed by atoms with Gasteiger partial charge in [0.1, 0.15) is 0 Å². The standard InChI is InChI=1S/C11H20N2O2/c1-13(5-3-11(7-12)14-2)8-10-4-6-15-9-10/h4,6,9,11H,3,5,7-8,12H2,1-2H3. The van der Waals surface area contributed by atoms with Gasteiger partial charge in [0.15, 0.2) is 0 Å². The van der Waals surface area contributed by atoms with Gasteiger partial charge < -0.3 is 19.8 Å². The number of nitrogens with two attached hydrogens (primary N) is 1. The summed E-state index contributed by atoms with van der Waals surface area (Å²) in [5, 5.41) is 0. The summed E-state index contributed by atoms with van der Waals surface area (Å²) >= 11 is 0. The maximum atomic E-state index is 5.55. The summed E-state index contributed by atoms with van der Waals surface area (Å²) in [6.45, 7) is 2.45. The summed E-state index contributed by atoms with van der Waals surface area (Å²) in [4.78, 5) is 2.23. The second kappa shape index (κ2) is 6.61. The zero-order chi connectivity index (χ0) is 11.1. The molecule has 0 amide bonds. The van der Waals surface area contributed by atoms with Crippen LogP contribution in [0.25, 0.3) is 0 Å². The van der Waals surface area contributed by atoms with E-state index >= 15 is 0 Å². The second-order valence-corrected chi connectivity index (χ2v) is 3.75. The Morgan fingerprint density at radius 1 is 1.60 bits per heavy atom. The summed E-state index contributed by atoms with van der Waals surface area (Å²) in [6.07, 6.45) is 4.59. The van der Waals surface area contributed by atoms with Gasteiger partial charge in [0.2, 0.25) is 0 Å². The third kappa shape index (κ3) is 4.46. The molecule has 15 heavy (non-hydrogen) atoms. The SMILES string of the molecule is COC(CN)CCN(C)Cc1ccoc1. The highest BCUT2D eigenvalue weighted by atomic mass is 16.5. The van der Waals surface area contributed by atoms with Crippen molar-refractivity contribution in [2.75, 3.05) is 27.2 Å². The van der Waals surface area contributed by atoms with Crippen molar-refractivity contribution in [3.8, 4) is 0 Å². The van der Waals surface area contributed by atoms with E-state index in [1.807, 2.05) is 6.07 Å². The van der Waals surface area contributed by atoms with Crippen LogP contribution in [-0.4, -0.2) is 38.3 Å². The second-order valence-electron chi connectivity index (χ2n) is 3.75. The fraction of sp³-hybridized carbons (Fsp3) is 0.636. The molecule has 86 valence electrons. The van der Waals surface area contributed by atoms with E-state index in [9.17, 15) is 0 Å². The molecule has 4 heteroatoms. The van der Waals surface area contributed by atoms with Crippen LogP contribution in [0.1, 0.15) is 12.0 Å². The van der Waals surface area contributed by atoms with E-state index in [-0.39, 0.29) is 6.10 Å². The Hall–Kier alpha value is -0.840. The van der Waals surface area contributed by atoms with Crippen LogP contribution in [0.15, 0.2) is 23.0 Å². The van der Waals surface area contributed by atoms with Crippen LogP contribution in [-0.2, 0) is 11.3 Å². The average Bonchev–Trinajstić information content (AvgIpc) is 2.72. The van der Waals surface area contributed by atoms with Crippen LogP contribution >= 0.6 is 0 Å². The molecule has 2 N–H and O–H groups in total. The highest BCUT2D eigenvalue weighted by Gasteiger charge is 2.07. The Bertz CT molecular complexity index is 245. The Kier molecular flexibility index (Phi) is 5.39. The molecule has 1 aromatic heterocycles. The fourth-order valence-electron chi connectivity index (χ4n) is 1.47. The van der Waals surface area contributed by atoms with E-state index in [1.165, 1.54) is 5.56 Å². The molecular weight excluding hydrogens is 192 g/mol. The first-order valence-corrected chi connectivity index (χ1v) is 5.18. The fourth-order valence-corrected chi connectivity index (χ4v) is 1.47. The predicted molar refractivity (Wildman–Crippen MR) is 59.5 cm³/mol. The molecule has 1 unspecified atom stereocenters. The maximum absolute atomic E-state index is 5.55. The molecule has 4 nitrogen and oxygen atoms in total. The van der Waals surface area contributed by atoms with Gasteiger partial charge in [0.05, 0.1) is 18.6 Å². The van der Waals surface area contributed by atoms with Crippen LogP contribution < -0.4 is 5.73 Å². The molecule has 0 radical (unpaired) electrons. The average molecular weight is 212 g/mol. The van der Waals surface area contributed by atoms with Crippen molar-refractivity contribution in [2.24, 2.45) is 5.73 Å². The highest BCUT2D eigenvalue weighted by Crippen LogP contribution is 2.05. The van der Waals surface area contributed by atoms with Crippen molar-refractivity contribution in [2.45, 2.75) is 19.1 Å². The molecule has 0 aliphatic rings. The van der Waals surface area contributed by atoms with Gasteiger partial charge in [-0.2, -0.15) is 0 Å². The molecule has 0 bridgehead atoms. The lowest BCUT2D eigenvalue weighted by Gasteiger charge is -2.19. The number of ether oxygens (including phenoxy) is 1. The van der Waals surface area contributed by atoms with Gasteiger partial charge in [-0.1, -0.05) is 0 Å². The van der Waals surface area contributed by atoms with E-state index in [0.29, 0.717) is 6.54 Å². The molecule has 1 heterocycles. The van der Waals surface area contributed by atoms with Crippen molar-refractivity contribution in [3.63, 3.8) is 0 Å². The minimum absolute atomic E-state index is 0.164. The van der Waals surface area contributed by atoms with Gasteiger partial charge in [-0.15, -0.1) is 0 Å². The quantitative estimate of drug-likeness (QED) is 0.734. The number of nitrogens with zero attached hydrogens (tertiary/aromatic N) is 1. The molecule has 0 saturated heterocycles. The third-order valence-corrected chi connectivity index (χ3v) is 2.46. The van der Waals surface area contributed by atoms with E-state index in [0.717, 1.165) is 19.5 Å². The molecule has 0 aliphatic heterocycles. The molecule has 1 atom stereocenters. The molecule has 1 rings (SSSR count). The molecule has 0 saturated carbocycles. The number of hydrogen-bond donors (Lipinski definition) is 1. The first kappa shape index (κ1) is 12.2. The maximum Gasteiger partial charge on any atom is 0.0947 e. The Balaban J connectivity index is 2.21. The molecule has 0 aliphatic carbocycles. The van der Waals surface area contributed by atoms with Crippen molar-refractivity contribution in [1.29, 1.82) is 0 Å². The van der Waals surface area contributed by atoms with Crippen LogP contribution in [0.5, 0.6) is 0 Å².